The number of aryl methyl sites for hydroxylation is 1. The first-order valence-corrected chi connectivity index (χ1v) is 5.87. The summed E-state index contributed by atoms with van der Waals surface area (Å²) in [5.74, 6) is -0.234. The van der Waals surface area contributed by atoms with Gasteiger partial charge in [-0.2, -0.15) is 0 Å². The first-order chi connectivity index (χ1) is 7.15. The predicted octanol–water partition coefficient (Wildman–Crippen LogP) is 3.71. The Morgan fingerprint density at radius 3 is 2.87 bits per heavy atom. The molecule has 0 heterocycles. The molecule has 1 aromatic carbocycles. The van der Waals surface area contributed by atoms with Crippen molar-refractivity contribution in [3.8, 4) is 0 Å². The molecule has 0 saturated heterocycles. The molecule has 0 bridgehead atoms. The maximum Gasteiger partial charge on any atom is 0.338 e. The lowest BCUT2D eigenvalue weighted by Gasteiger charge is -2.06. The standard InChI is InChI=1S/C12H15BrO2/c1-3-4-7-15-12(14)11-8-10(13)6-5-9(11)2/h5-6,8H,3-4,7H2,1-2H3. The predicted molar refractivity (Wildman–Crippen MR) is 64.1 cm³/mol. The lowest BCUT2D eigenvalue weighted by molar-refractivity contribution is 0.0499. The molecule has 1 aromatic rings. The van der Waals surface area contributed by atoms with Crippen LogP contribution in [-0.2, 0) is 4.74 Å². The highest BCUT2D eigenvalue weighted by molar-refractivity contribution is 9.10. The molecule has 2 nitrogen and oxygen atoms in total. The fourth-order valence-electron chi connectivity index (χ4n) is 1.20. The summed E-state index contributed by atoms with van der Waals surface area (Å²) in [5, 5.41) is 0. The van der Waals surface area contributed by atoms with E-state index in [1.165, 1.54) is 0 Å². The van der Waals surface area contributed by atoms with E-state index < -0.39 is 0 Å². The van der Waals surface area contributed by atoms with Crippen molar-refractivity contribution >= 4 is 21.9 Å². The van der Waals surface area contributed by atoms with Gasteiger partial charge in [-0.3, -0.25) is 0 Å². The van der Waals surface area contributed by atoms with Crippen molar-refractivity contribution in [3.05, 3.63) is 33.8 Å². The molecule has 15 heavy (non-hydrogen) atoms. The van der Waals surface area contributed by atoms with Crippen LogP contribution in [0.25, 0.3) is 0 Å². The molecule has 0 saturated carbocycles. The third-order valence-electron chi connectivity index (χ3n) is 2.15. The molecule has 0 radical (unpaired) electrons. The fourth-order valence-corrected chi connectivity index (χ4v) is 1.56. The van der Waals surface area contributed by atoms with Crippen molar-refractivity contribution in [2.45, 2.75) is 26.7 Å². The first-order valence-electron chi connectivity index (χ1n) is 5.08. The van der Waals surface area contributed by atoms with Gasteiger partial charge in [0.25, 0.3) is 0 Å². The lowest BCUT2D eigenvalue weighted by atomic mass is 10.1. The number of rotatable bonds is 4. The van der Waals surface area contributed by atoms with Crippen molar-refractivity contribution in [1.82, 2.24) is 0 Å². The first kappa shape index (κ1) is 12.2. The van der Waals surface area contributed by atoms with Gasteiger partial charge in [-0.25, -0.2) is 4.79 Å². The molecule has 82 valence electrons. The van der Waals surface area contributed by atoms with Gasteiger partial charge in [0, 0.05) is 4.47 Å². The molecular formula is C12H15BrO2. The lowest BCUT2D eigenvalue weighted by Crippen LogP contribution is -2.08. The minimum Gasteiger partial charge on any atom is -0.462 e. The van der Waals surface area contributed by atoms with E-state index in [2.05, 4.69) is 22.9 Å². The summed E-state index contributed by atoms with van der Waals surface area (Å²) in [5.41, 5.74) is 1.58. The number of unbranched alkanes of at least 4 members (excludes halogenated alkanes) is 1. The van der Waals surface area contributed by atoms with Crippen LogP contribution in [0.1, 0.15) is 35.7 Å². The summed E-state index contributed by atoms with van der Waals surface area (Å²) in [7, 11) is 0. The van der Waals surface area contributed by atoms with Crippen molar-refractivity contribution in [2.24, 2.45) is 0 Å². The summed E-state index contributed by atoms with van der Waals surface area (Å²) in [6, 6.07) is 5.61. The summed E-state index contributed by atoms with van der Waals surface area (Å²) in [6.07, 6.45) is 1.95. The van der Waals surface area contributed by atoms with Crippen LogP contribution < -0.4 is 0 Å². The zero-order valence-electron chi connectivity index (χ0n) is 9.05. The van der Waals surface area contributed by atoms with E-state index in [0.717, 1.165) is 22.9 Å². The highest BCUT2D eigenvalue weighted by Gasteiger charge is 2.10. The van der Waals surface area contributed by atoms with E-state index in [0.29, 0.717) is 12.2 Å². The van der Waals surface area contributed by atoms with Crippen LogP contribution in [0.4, 0.5) is 0 Å². The van der Waals surface area contributed by atoms with E-state index in [1.807, 2.05) is 19.1 Å². The summed E-state index contributed by atoms with van der Waals surface area (Å²) in [4.78, 5) is 11.6. The van der Waals surface area contributed by atoms with Gasteiger partial charge < -0.3 is 4.74 Å². The normalized spacial score (nSPS) is 10.1. The molecule has 0 aromatic heterocycles. The van der Waals surface area contributed by atoms with Crippen LogP contribution in [0.3, 0.4) is 0 Å². The largest absolute Gasteiger partial charge is 0.462 e. The zero-order valence-corrected chi connectivity index (χ0v) is 10.6. The number of hydrogen-bond donors (Lipinski definition) is 0. The van der Waals surface area contributed by atoms with E-state index >= 15 is 0 Å². The van der Waals surface area contributed by atoms with Crippen molar-refractivity contribution in [1.29, 1.82) is 0 Å². The van der Waals surface area contributed by atoms with E-state index in [1.54, 1.807) is 6.07 Å². The number of benzene rings is 1. The number of halogens is 1. The molecule has 0 amide bonds. The van der Waals surface area contributed by atoms with Gasteiger partial charge in [-0.05, 0) is 31.0 Å². The van der Waals surface area contributed by atoms with Crippen LogP contribution in [0.5, 0.6) is 0 Å². The minimum absolute atomic E-state index is 0.234. The Bertz CT molecular complexity index is 347. The second kappa shape index (κ2) is 5.91. The van der Waals surface area contributed by atoms with E-state index in [-0.39, 0.29) is 5.97 Å². The van der Waals surface area contributed by atoms with Gasteiger partial charge in [0.15, 0.2) is 0 Å². The maximum atomic E-state index is 11.6. The van der Waals surface area contributed by atoms with Crippen LogP contribution in [-0.4, -0.2) is 12.6 Å². The number of carbonyl (C=O) groups is 1. The van der Waals surface area contributed by atoms with Crippen molar-refractivity contribution in [3.63, 3.8) is 0 Å². The highest BCUT2D eigenvalue weighted by Crippen LogP contribution is 2.16. The number of hydrogen-bond acceptors (Lipinski definition) is 2. The van der Waals surface area contributed by atoms with Crippen LogP contribution in [0, 0.1) is 6.92 Å². The van der Waals surface area contributed by atoms with Gasteiger partial charge in [0.1, 0.15) is 0 Å². The summed E-state index contributed by atoms with van der Waals surface area (Å²) >= 11 is 3.34. The van der Waals surface area contributed by atoms with Gasteiger partial charge in [-0.15, -0.1) is 0 Å². The highest BCUT2D eigenvalue weighted by atomic mass is 79.9. The van der Waals surface area contributed by atoms with E-state index in [4.69, 9.17) is 4.74 Å². The Morgan fingerprint density at radius 2 is 2.20 bits per heavy atom. The molecule has 0 unspecified atom stereocenters. The van der Waals surface area contributed by atoms with E-state index in [9.17, 15) is 4.79 Å². The molecule has 0 fully saturated rings. The monoisotopic (exact) mass is 270 g/mol. The van der Waals surface area contributed by atoms with Crippen LogP contribution in [0.15, 0.2) is 22.7 Å². The molecule has 0 atom stereocenters. The molecule has 1 rings (SSSR count). The van der Waals surface area contributed by atoms with Crippen molar-refractivity contribution in [2.75, 3.05) is 6.61 Å². The number of ether oxygens (including phenoxy) is 1. The zero-order chi connectivity index (χ0) is 11.3. The molecule has 0 aliphatic carbocycles. The van der Waals surface area contributed by atoms with Gasteiger partial charge in [0.2, 0.25) is 0 Å². The Labute approximate surface area is 98.8 Å². The second-order valence-corrected chi connectivity index (χ2v) is 4.36. The third kappa shape index (κ3) is 3.67. The quantitative estimate of drug-likeness (QED) is 0.616. The molecule has 0 spiro atoms. The smallest absolute Gasteiger partial charge is 0.338 e. The third-order valence-corrected chi connectivity index (χ3v) is 2.64. The number of carbonyl (C=O) groups excluding carboxylic acids is 1. The Balaban J connectivity index is 2.68. The average molecular weight is 271 g/mol. The van der Waals surface area contributed by atoms with Gasteiger partial charge >= 0.3 is 5.97 Å². The Morgan fingerprint density at radius 1 is 1.47 bits per heavy atom. The molecule has 3 heteroatoms. The average Bonchev–Trinajstić information content (AvgIpc) is 2.22. The Kier molecular flexibility index (Phi) is 4.82. The SMILES string of the molecule is CCCCOC(=O)c1cc(Br)ccc1C. The second-order valence-electron chi connectivity index (χ2n) is 3.45. The van der Waals surface area contributed by atoms with Gasteiger partial charge in [0.05, 0.1) is 12.2 Å². The topological polar surface area (TPSA) is 26.3 Å². The van der Waals surface area contributed by atoms with Crippen LogP contribution in [0.2, 0.25) is 0 Å². The summed E-state index contributed by atoms with van der Waals surface area (Å²) in [6.45, 7) is 4.47. The fraction of sp³-hybridized carbons (Fsp3) is 0.417. The molecular weight excluding hydrogens is 256 g/mol. The molecule has 0 aliphatic heterocycles. The van der Waals surface area contributed by atoms with Gasteiger partial charge in [-0.1, -0.05) is 35.3 Å². The van der Waals surface area contributed by atoms with Crippen LogP contribution >= 0.6 is 15.9 Å². The number of esters is 1. The van der Waals surface area contributed by atoms with Crippen molar-refractivity contribution < 1.29 is 9.53 Å². The Hall–Kier alpha value is -0.830. The molecule has 0 N–H and O–H groups in total. The molecule has 0 aliphatic rings. The summed E-state index contributed by atoms with van der Waals surface area (Å²) < 4.78 is 6.04. The minimum atomic E-state index is -0.234. The maximum absolute atomic E-state index is 11.6.